The van der Waals surface area contributed by atoms with E-state index >= 15 is 0 Å². The summed E-state index contributed by atoms with van der Waals surface area (Å²) in [7, 11) is 1.60. The smallest absolute Gasteiger partial charge is 0.251 e. The molecular formula is C18H20FNO3. The second kappa shape index (κ2) is 8.90. The number of halogens is 1. The van der Waals surface area contributed by atoms with E-state index in [-0.39, 0.29) is 11.7 Å². The zero-order valence-electron chi connectivity index (χ0n) is 13.0. The summed E-state index contributed by atoms with van der Waals surface area (Å²) in [5.41, 5.74) is 1.48. The predicted octanol–water partition coefficient (Wildman–Crippen LogP) is 3.17. The fourth-order valence-electron chi connectivity index (χ4n) is 2.11. The maximum absolute atomic E-state index is 12.8. The molecule has 0 saturated heterocycles. The van der Waals surface area contributed by atoms with Crippen LogP contribution in [0.2, 0.25) is 0 Å². The fraction of sp³-hybridized carbons (Fsp3) is 0.278. The Labute approximate surface area is 135 Å². The summed E-state index contributed by atoms with van der Waals surface area (Å²) in [6.45, 7) is 1.35. The Kier molecular flexibility index (Phi) is 6.56. The lowest BCUT2D eigenvalue weighted by Gasteiger charge is -2.10. The minimum absolute atomic E-state index is 0.126. The summed E-state index contributed by atoms with van der Waals surface area (Å²) in [6.07, 6.45) is 0.662. The molecule has 0 atom stereocenters. The number of methoxy groups -OCH3 is 1. The molecule has 0 unspecified atom stereocenters. The number of rotatable bonds is 8. The maximum atomic E-state index is 12.8. The molecule has 1 amide bonds. The van der Waals surface area contributed by atoms with Crippen molar-refractivity contribution in [2.24, 2.45) is 0 Å². The van der Waals surface area contributed by atoms with Crippen molar-refractivity contribution in [1.29, 1.82) is 0 Å². The highest BCUT2D eigenvalue weighted by Crippen LogP contribution is 2.11. The fourth-order valence-corrected chi connectivity index (χ4v) is 2.11. The van der Waals surface area contributed by atoms with Crippen molar-refractivity contribution in [1.82, 2.24) is 5.32 Å². The van der Waals surface area contributed by atoms with Gasteiger partial charge in [0.25, 0.3) is 5.91 Å². The summed E-state index contributed by atoms with van der Waals surface area (Å²) in [6, 6.07) is 13.2. The van der Waals surface area contributed by atoms with Crippen LogP contribution in [0.3, 0.4) is 0 Å². The van der Waals surface area contributed by atoms with Crippen LogP contribution in [-0.2, 0) is 11.3 Å². The lowest BCUT2D eigenvalue weighted by Crippen LogP contribution is -2.26. The minimum Gasteiger partial charge on any atom is -0.494 e. The third-order valence-corrected chi connectivity index (χ3v) is 3.25. The Morgan fingerprint density at radius 2 is 1.87 bits per heavy atom. The summed E-state index contributed by atoms with van der Waals surface area (Å²) >= 11 is 0. The topological polar surface area (TPSA) is 47.6 Å². The van der Waals surface area contributed by atoms with Gasteiger partial charge in [-0.05, 0) is 42.3 Å². The minimum atomic E-state index is -0.292. The first-order valence-electron chi connectivity index (χ1n) is 7.44. The molecule has 2 aromatic carbocycles. The molecule has 1 N–H and O–H groups in total. The highest BCUT2D eigenvalue weighted by Gasteiger charge is 2.09. The molecule has 0 heterocycles. The maximum Gasteiger partial charge on any atom is 0.251 e. The number of nitrogens with one attached hydrogen (secondary N) is 1. The van der Waals surface area contributed by atoms with Gasteiger partial charge in [-0.2, -0.15) is 0 Å². The van der Waals surface area contributed by atoms with Gasteiger partial charge in [0.05, 0.1) is 13.2 Å². The van der Waals surface area contributed by atoms with Gasteiger partial charge in [0, 0.05) is 19.2 Å². The van der Waals surface area contributed by atoms with E-state index in [4.69, 9.17) is 9.47 Å². The molecule has 122 valence electrons. The van der Waals surface area contributed by atoms with Crippen molar-refractivity contribution in [2.45, 2.75) is 13.0 Å². The van der Waals surface area contributed by atoms with Crippen LogP contribution in [-0.4, -0.2) is 26.2 Å². The molecule has 5 heteroatoms. The second-order valence-electron chi connectivity index (χ2n) is 5.00. The van der Waals surface area contributed by atoms with Gasteiger partial charge in [-0.15, -0.1) is 0 Å². The molecule has 2 rings (SSSR count). The van der Waals surface area contributed by atoms with Crippen LogP contribution in [0.4, 0.5) is 4.39 Å². The molecule has 0 radical (unpaired) electrons. The van der Waals surface area contributed by atoms with Gasteiger partial charge in [-0.3, -0.25) is 4.79 Å². The number of ether oxygens (including phenoxy) is 2. The Hall–Kier alpha value is -2.40. The summed E-state index contributed by atoms with van der Waals surface area (Å²) in [5.74, 6) is 0.196. The van der Waals surface area contributed by atoms with Crippen LogP contribution < -0.4 is 10.1 Å². The van der Waals surface area contributed by atoms with Crippen molar-refractivity contribution in [3.63, 3.8) is 0 Å². The lowest BCUT2D eigenvalue weighted by atomic mass is 10.1. The summed E-state index contributed by atoms with van der Waals surface area (Å²) in [5, 5.41) is 2.86. The Morgan fingerprint density at radius 1 is 1.13 bits per heavy atom. The largest absolute Gasteiger partial charge is 0.494 e. The van der Waals surface area contributed by atoms with E-state index in [1.807, 2.05) is 18.2 Å². The SMILES string of the molecule is COCc1ccccc1C(=O)NCCCOc1ccc(F)cc1. The molecule has 2 aromatic rings. The highest BCUT2D eigenvalue weighted by atomic mass is 19.1. The van der Waals surface area contributed by atoms with Crippen LogP contribution >= 0.6 is 0 Å². The molecule has 0 aliphatic carbocycles. The van der Waals surface area contributed by atoms with Crippen molar-refractivity contribution in [3.05, 3.63) is 65.5 Å². The molecule has 0 aliphatic heterocycles. The van der Waals surface area contributed by atoms with E-state index < -0.39 is 0 Å². The van der Waals surface area contributed by atoms with Gasteiger partial charge in [0.15, 0.2) is 0 Å². The predicted molar refractivity (Wildman–Crippen MR) is 86.0 cm³/mol. The Balaban J connectivity index is 1.73. The number of hydrogen-bond acceptors (Lipinski definition) is 3. The first kappa shape index (κ1) is 17.0. The van der Waals surface area contributed by atoms with Crippen molar-refractivity contribution in [3.8, 4) is 5.75 Å². The zero-order chi connectivity index (χ0) is 16.5. The van der Waals surface area contributed by atoms with Gasteiger partial charge in [0.1, 0.15) is 11.6 Å². The molecule has 0 aromatic heterocycles. The van der Waals surface area contributed by atoms with Gasteiger partial charge in [-0.25, -0.2) is 4.39 Å². The Morgan fingerprint density at radius 3 is 2.61 bits per heavy atom. The standard InChI is InChI=1S/C18H20FNO3/c1-22-13-14-5-2-3-6-17(14)18(21)20-11-4-12-23-16-9-7-15(19)8-10-16/h2-3,5-10H,4,11-13H2,1H3,(H,20,21). The average molecular weight is 317 g/mol. The number of carbonyl (C=O) groups excluding carboxylic acids is 1. The zero-order valence-corrected chi connectivity index (χ0v) is 13.0. The first-order chi connectivity index (χ1) is 11.2. The van der Waals surface area contributed by atoms with Crippen molar-refractivity contribution in [2.75, 3.05) is 20.3 Å². The van der Waals surface area contributed by atoms with Crippen molar-refractivity contribution < 1.29 is 18.7 Å². The molecule has 0 spiro atoms. The van der Waals surface area contributed by atoms with Gasteiger partial charge in [-0.1, -0.05) is 18.2 Å². The molecule has 0 fully saturated rings. The van der Waals surface area contributed by atoms with E-state index in [0.29, 0.717) is 37.5 Å². The van der Waals surface area contributed by atoms with Crippen molar-refractivity contribution >= 4 is 5.91 Å². The summed E-state index contributed by atoms with van der Waals surface area (Å²) < 4.78 is 23.3. The van der Waals surface area contributed by atoms with Crippen LogP contribution in [0, 0.1) is 5.82 Å². The molecule has 0 bridgehead atoms. The number of benzene rings is 2. The second-order valence-corrected chi connectivity index (χ2v) is 5.00. The average Bonchev–Trinajstić information content (AvgIpc) is 2.57. The molecule has 23 heavy (non-hydrogen) atoms. The van der Waals surface area contributed by atoms with Crippen LogP contribution in [0.5, 0.6) is 5.75 Å². The molecule has 4 nitrogen and oxygen atoms in total. The lowest BCUT2D eigenvalue weighted by molar-refractivity contribution is 0.0946. The van der Waals surface area contributed by atoms with E-state index in [0.717, 1.165) is 5.56 Å². The summed E-state index contributed by atoms with van der Waals surface area (Å²) in [4.78, 5) is 12.2. The van der Waals surface area contributed by atoms with Crippen LogP contribution in [0.25, 0.3) is 0 Å². The number of amides is 1. The monoisotopic (exact) mass is 317 g/mol. The quantitative estimate of drug-likeness (QED) is 0.761. The molecule has 0 saturated carbocycles. The van der Waals surface area contributed by atoms with Crippen LogP contribution in [0.15, 0.2) is 48.5 Å². The van der Waals surface area contributed by atoms with E-state index in [2.05, 4.69) is 5.32 Å². The third-order valence-electron chi connectivity index (χ3n) is 3.25. The van der Waals surface area contributed by atoms with Gasteiger partial charge < -0.3 is 14.8 Å². The third kappa shape index (κ3) is 5.38. The highest BCUT2D eigenvalue weighted by molar-refractivity contribution is 5.95. The number of carbonyl (C=O) groups is 1. The molecule has 0 aliphatic rings. The van der Waals surface area contributed by atoms with Crippen LogP contribution in [0.1, 0.15) is 22.3 Å². The first-order valence-corrected chi connectivity index (χ1v) is 7.44. The Bertz CT molecular complexity index is 628. The van der Waals surface area contributed by atoms with E-state index in [9.17, 15) is 9.18 Å². The van der Waals surface area contributed by atoms with E-state index in [1.165, 1.54) is 12.1 Å². The van der Waals surface area contributed by atoms with Gasteiger partial charge >= 0.3 is 0 Å². The normalized spacial score (nSPS) is 10.3. The van der Waals surface area contributed by atoms with E-state index in [1.54, 1.807) is 25.3 Å². The number of hydrogen-bond donors (Lipinski definition) is 1. The molecular weight excluding hydrogens is 297 g/mol. The van der Waals surface area contributed by atoms with Gasteiger partial charge in [0.2, 0.25) is 0 Å².